The van der Waals surface area contributed by atoms with E-state index in [4.69, 9.17) is 0 Å². The Hall–Kier alpha value is -0.530. The van der Waals surface area contributed by atoms with Crippen molar-refractivity contribution in [1.82, 2.24) is 0 Å². The molecule has 2 heteroatoms. The fraction of sp³-hybridized carbons (Fsp3) is 0.938. The molecule has 5 aliphatic carbocycles. The largest absolute Gasteiger partial charge is 0.481 e. The van der Waals surface area contributed by atoms with Gasteiger partial charge in [0.2, 0.25) is 0 Å². The normalized spacial score (nSPS) is 49.1. The van der Waals surface area contributed by atoms with E-state index in [0.29, 0.717) is 0 Å². The number of carboxylic acid groups (broad SMARTS) is 1. The molecule has 5 aliphatic rings. The van der Waals surface area contributed by atoms with E-state index in [0.717, 1.165) is 29.6 Å². The van der Waals surface area contributed by atoms with E-state index < -0.39 is 5.97 Å². The predicted octanol–water partition coefficient (Wildman–Crippen LogP) is 3.56. The van der Waals surface area contributed by atoms with Crippen LogP contribution in [0.25, 0.3) is 0 Å². The first-order valence-corrected chi connectivity index (χ1v) is 7.83. The Kier molecular flexibility index (Phi) is 2.21. The fourth-order valence-electron chi connectivity index (χ4n) is 6.31. The van der Waals surface area contributed by atoms with Gasteiger partial charge < -0.3 is 5.11 Å². The summed E-state index contributed by atoms with van der Waals surface area (Å²) < 4.78 is 0. The first-order valence-electron chi connectivity index (χ1n) is 7.83. The molecule has 5 saturated carbocycles. The summed E-state index contributed by atoms with van der Waals surface area (Å²) in [5.74, 6) is 3.85. The van der Waals surface area contributed by atoms with Crippen molar-refractivity contribution < 1.29 is 9.90 Å². The fourth-order valence-corrected chi connectivity index (χ4v) is 6.31. The van der Waals surface area contributed by atoms with Crippen LogP contribution in [0.15, 0.2) is 0 Å². The lowest BCUT2D eigenvalue weighted by molar-refractivity contribution is -0.149. The second-order valence-electron chi connectivity index (χ2n) is 7.75. The summed E-state index contributed by atoms with van der Waals surface area (Å²) in [4.78, 5) is 11.4. The minimum atomic E-state index is -0.554. The lowest BCUT2D eigenvalue weighted by Crippen LogP contribution is -2.50. The summed E-state index contributed by atoms with van der Waals surface area (Å²) in [5.41, 5.74) is 0.203. The minimum Gasteiger partial charge on any atom is -0.481 e. The van der Waals surface area contributed by atoms with Crippen LogP contribution < -0.4 is 0 Å². The SMILES string of the molecule is CC(C(=O)O)C1(C2C3CC4CC(C3)CC2C4)CC1. The average Bonchev–Trinajstić information content (AvgIpc) is 3.08. The zero-order chi connectivity index (χ0) is 12.5. The van der Waals surface area contributed by atoms with Crippen molar-refractivity contribution in [2.75, 3.05) is 0 Å². The molecule has 4 bridgehead atoms. The van der Waals surface area contributed by atoms with Gasteiger partial charge in [0, 0.05) is 0 Å². The molecule has 5 rings (SSSR count). The van der Waals surface area contributed by atoms with E-state index in [1.807, 2.05) is 6.92 Å². The molecule has 1 N–H and O–H groups in total. The topological polar surface area (TPSA) is 37.3 Å². The molecule has 5 fully saturated rings. The number of rotatable bonds is 3. The Morgan fingerprint density at radius 1 is 1.06 bits per heavy atom. The van der Waals surface area contributed by atoms with Gasteiger partial charge in [-0.15, -0.1) is 0 Å². The van der Waals surface area contributed by atoms with Gasteiger partial charge in [0.05, 0.1) is 5.92 Å². The number of carboxylic acids is 1. The molecule has 0 aromatic rings. The molecule has 1 unspecified atom stereocenters. The van der Waals surface area contributed by atoms with Crippen LogP contribution in [0, 0.1) is 40.9 Å². The number of carbonyl (C=O) groups is 1. The monoisotopic (exact) mass is 248 g/mol. The Balaban J connectivity index is 1.63. The first-order chi connectivity index (χ1) is 8.60. The smallest absolute Gasteiger partial charge is 0.306 e. The van der Waals surface area contributed by atoms with Gasteiger partial charge in [-0.2, -0.15) is 0 Å². The van der Waals surface area contributed by atoms with Crippen LogP contribution in [0.4, 0.5) is 0 Å². The highest BCUT2D eigenvalue weighted by Crippen LogP contribution is 2.69. The highest BCUT2D eigenvalue weighted by atomic mass is 16.4. The summed E-state index contributed by atoms with van der Waals surface area (Å²) in [5, 5.41) is 9.41. The van der Waals surface area contributed by atoms with Gasteiger partial charge in [-0.25, -0.2) is 0 Å². The Labute approximate surface area is 109 Å². The molecule has 0 aromatic carbocycles. The van der Waals surface area contributed by atoms with Crippen molar-refractivity contribution in [1.29, 1.82) is 0 Å². The first kappa shape index (κ1) is 11.3. The van der Waals surface area contributed by atoms with Gasteiger partial charge in [-0.05, 0) is 80.0 Å². The van der Waals surface area contributed by atoms with E-state index in [-0.39, 0.29) is 11.3 Å². The highest BCUT2D eigenvalue weighted by Gasteiger charge is 2.63. The van der Waals surface area contributed by atoms with Crippen molar-refractivity contribution in [3.8, 4) is 0 Å². The number of aliphatic carboxylic acids is 1. The quantitative estimate of drug-likeness (QED) is 0.829. The summed E-state index contributed by atoms with van der Waals surface area (Å²) in [6.45, 7) is 1.97. The van der Waals surface area contributed by atoms with E-state index >= 15 is 0 Å². The van der Waals surface area contributed by atoms with Crippen LogP contribution in [0.3, 0.4) is 0 Å². The van der Waals surface area contributed by atoms with Gasteiger partial charge in [0.15, 0.2) is 0 Å². The molecule has 0 aliphatic heterocycles. The molecule has 0 saturated heterocycles. The van der Waals surface area contributed by atoms with E-state index in [1.54, 1.807) is 0 Å². The molecular formula is C16H24O2. The third kappa shape index (κ3) is 1.38. The zero-order valence-electron chi connectivity index (χ0n) is 11.3. The molecule has 100 valence electrons. The van der Waals surface area contributed by atoms with Crippen molar-refractivity contribution >= 4 is 5.97 Å². The van der Waals surface area contributed by atoms with Crippen LogP contribution in [-0.2, 0) is 4.79 Å². The molecule has 0 amide bonds. The second kappa shape index (κ2) is 3.52. The molecule has 0 heterocycles. The van der Waals surface area contributed by atoms with E-state index in [9.17, 15) is 9.90 Å². The Morgan fingerprint density at radius 3 is 1.94 bits per heavy atom. The standard InChI is InChI=1S/C16H24O2/c1-9(15(17)18)16(2-3-16)14-12-5-10-4-11(7-12)8-13(14)6-10/h9-14H,2-8H2,1H3,(H,17,18). The molecule has 18 heavy (non-hydrogen) atoms. The van der Waals surface area contributed by atoms with Crippen molar-refractivity contribution in [2.24, 2.45) is 40.9 Å². The zero-order valence-corrected chi connectivity index (χ0v) is 11.3. The van der Waals surface area contributed by atoms with Crippen molar-refractivity contribution in [3.05, 3.63) is 0 Å². The van der Waals surface area contributed by atoms with Crippen LogP contribution in [0.5, 0.6) is 0 Å². The lowest BCUT2D eigenvalue weighted by atomic mass is 9.48. The molecule has 2 nitrogen and oxygen atoms in total. The minimum absolute atomic E-state index is 0.111. The van der Waals surface area contributed by atoms with Crippen molar-refractivity contribution in [3.63, 3.8) is 0 Å². The summed E-state index contributed by atoms with van der Waals surface area (Å²) in [7, 11) is 0. The summed E-state index contributed by atoms with van der Waals surface area (Å²) >= 11 is 0. The third-order valence-corrected chi connectivity index (χ3v) is 6.95. The number of hydrogen-bond donors (Lipinski definition) is 1. The van der Waals surface area contributed by atoms with Gasteiger partial charge in [0.25, 0.3) is 0 Å². The highest BCUT2D eigenvalue weighted by molar-refractivity contribution is 5.71. The lowest BCUT2D eigenvalue weighted by Gasteiger charge is -2.57. The third-order valence-electron chi connectivity index (χ3n) is 6.95. The molecule has 0 aromatic heterocycles. The van der Waals surface area contributed by atoms with Gasteiger partial charge in [-0.3, -0.25) is 4.79 Å². The van der Waals surface area contributed by atoms with Gasteiger partial charge in [-0.1, -0.05) is 6.92 Å². The van der Waals surface area contributed by atoms with Crippen LogP contribution in [0.2, 0.25) is 0 Å². The van der Waals surface area contributed by atoms with E-state index in [2.05, 4.69) is 0 Å². The molecule has 0 radical (unpaired) electrons. The molecule has 1 atom stereocenters. The van der Waals surface area contributed by atoms with Crippen LogP contribution >= 0.6 is 0 Å². The second-order valence-corrected chi connectivity index (χ2v) is 7.75. The maximum Gasteiger partial charge on any atom is 0.306 e. The van der Waals surface area contributed by atoms with Crippen LogP contribution in [-0.4, -0.2) is 11.1 Å². The maximum atomic E-state index is 11.4. The Morgan fingerprint density at radius 2 is 1.56 bits per heavy atom. The van der Waals surface area contributed by atoms with E-state index in [1.165, 1.54) is 44.9 Å². The molecular weight excluding hydrogens is 224 g/mol. The van der Waals surface area contributed by atoms with Crippen molar-refractivity contribution in [2.45, 2.75) is 51.9 Å². The predicted molar refractivity (Wildman–Crippen MR) is 69.0 cm³/mol. The maximum absolute atomic E-state index is 11.4. The van der Waals surface area contributed by atoms with Crippen LogP contribution in [0.1, 0.15) is 51.9 Å². The summed E-state index contributed by atoms with van der Waals surface area (Å²) in [6, 6.07) is 0. The van der Waals surface area contributed by atoms with Gasteiger partial charge >= 0.3 is 5.97 Å². The Bertz CT molecular complexity index is 355. The summed E-state index contributed by atoms with van der Waals surface area (Å²) in [6.07, 6.45) is 9.55. The molecule has 0 spiro atoms. The average molecular weight is 248 g/mol. The number of hydrogen-bond acceptors (Lipinski definition) is 1. The van der Waals surface area contributed by atoms with Gasteiger partial charge in [0.1, 0.15) is 0 Å².